The lowest BCUT2D eigenvalue weighted by molar-refractivity contribution is -0.221. The second-order valence-electron chi connectivity index (χ2n) is 10.7. The van der Waals surface area contributed by atoms with Gasteiger partial charge >= 0.3 is 0 Å². The van der Waals surface area contributed by atoms with Crippen LogP contribution in [0.4, 0.5) is 10.2 Å². The summed E-state index contributed by atoms with van der Waals surface area (Å²) in [5, 5.41) is 15.9. The minimum atomic E-state index is -0.587. The lowest BCUT2D eigenvalue weighted by atomic mass is 9.68. The number of pyridine rings is 3. The van der Waals surface area contributed by atoms with Crippen molar-refractivity contribution < 1.29 is 28.5 Å². The van der Waals surface area contributed by atoms with E-state index in [4.69, 9.17) is 14.2 Å². The molecule has 206 valence electrons. The van der Waals surface area contributed by atoms with E-state index in [1.807, 2.05) is 31.2 Å². The van der Waals surface area contributed by atoms with Gasteiger partial charge in [0.05, 0.1) is 54.4 Å². The van der Waals surface area contributed by atoms with Gasteiger partial charge < -0.3 is 30.0 Å². The Morgan fingerprint density at radius 2 is 2.05 bits per heavy atom. The van der Waals surface area contributed by atoms with Gasteiger partial charge in [0.1, 0.15) is 5.82 Å². The van der Waals surface area contributed by atoms with Crippen molar-refractivity contribution in [1.29, 1.82) is 0 Å². The van der Waals surface area contributed by atoms with E-state index >= 15 is 4.39 Å². The van der Waals surface area contributed by atoms with Gasteiger partial charge in [0, 0.05) is 29.8 Å². The Morgan fingerprint density at radius 1 is 1.21 bits per heavy atom. The molecule has 6 heterocycles. The molecule has 3 fully saturated rings. The van der Waals surface area contributed by atoms with Crippen molar-refractivity contribution in [2.45, 2.75) is 62.8 Å². The van der Waals surface area contributed by atoms with Crippen LogP contribution in [0.5, 0.6) is 5.75 Å². The Hall–Kier alpha value is -3.25. The van der Waals surface area contributed by atoms with Crippen LogP contribution in [-0.4, -0.2) is 69.6 Å². The van der Waals surface area contributed by atoms with Gasteiger partial charge in [0.2, 0.25) is 0 Å². The van der Waals surface area contributed by atoms with Crippen molar-refractivity contribution in [2.24, 2.45) is 0 Å². The molecule has 11 heteroatoms. The lowest BCUT2D eigenvalue weighted by Gasteiger charge is -2.56. The fraction of sp³-hybridized carbons (Fsp3) is 0.500. The number of nitrogens with one attached hydrogen (secondary N) is 2. The smallest absolute Gasteiger partial charge is 0.263 e. The van der Waals surface area contributed by atoms with Crippen molar-refractivity contribution in [1.82, 2.24) is 20.3 Å². The lowest BCUT2D eigenvalue weighted by Crippen LogP contribution is -2.65. The topological polar surface area (TPSA) is 128 Å². The Bertz CT molecular complexity index is 1370. The van der Waals surface area contributed by atoms with Crippen LogP contribution in [0.15, 0.2) is 30.5 Å². The van der Waals surface area contributed by atoms with E-state index in [1.54, 1.807) is 0 Å². The van der Waals surface area contributed by atoms with E-state index < -0.39 is 17.5 Å². The molecule has 39 heavy (non-hydrogen) atoms. The van der Waals surface area contributed by atoms with Crippen LogP contribution in [0, 0.1) is 12.7 Å². The SMILES string of the molecule is Cc1ccc2ncc(F)c(CC(OCCO)C34CCC(NCc5ccc6c(n5)NC(=O)CO6)(CC3)CO4)c2n1. The average Bonchev–Trinajstić information content (AvgIpc) is 2.96. The van der Waals surface area contributed by atoms with Gasteiger partial charge in [0.25, 0.3) is 5.91 Å². The molecule has 3 aromatic rings. The molecule has 0 spiro atoms. The standard InChI is InChI=1S/C28H32FN5O5/c1-17-2-4-21-25(32-17)19(20(29)14-30-21)12-23(37-11-10-35)28-8-6-27(7-9-28,16-39-28)31-13-18-3-5-22-26(33-18)34-24(36)15-38-22/h2-5,14,23,31,35H,6-13,15-16H2,1H3,(H,33,34,36). The number of fused-ring (bicyclic) bond motifs is 5. The Labute approximate surface area is 225 Å². The first-order valence-electron chi connectivity index (χ1n) is 13.3. The molecule has 1 saturated carbocycles. The number of nitrogens with zero attached hydrogens (tertiary/aromatic N) is 3. The summed E-state index contributed by atoms with van der Waals surface area (Å²) in [6.45, 7) is 2.87. The predicted molar refractivity (Wildman–Crippen MR) is 140 cm³/mol. The highest BCUT2D eigenvalue weighted by molar-refractivity contribution is 5.94. The molecule has 1 unspecified atom stereocenters. The number of hydrogen-bond acceptors (Lipinski definition) is 9. The molecule has 1 amide bonds. The zero-order valence-corrected chi connectivity index (χ0v) is 21.8. The maximum Gasteiger partial charge on any atom is 0.263 e. The normalized spacial score (nSPS) is 24.7. The molecular formula is C28H32FN5O5. The van der Waals surface area contributed by atoms with Crippen molar-refractivity contribution in [3.63, 3.8) is 0 Å². The number of halogens is 1. The second-order valence-corrected chi connectivity index (χ2v) is 10.7. The van der Waals surface area contributed by atoms with E-state index in [2.05, 4.69) is 25.6 Å². The number of ether oxygens (including phenoxy) is 3. The molecule has 2 saturated heterocycles. The van der Waals surface area contributed by atoms with Crippen molar-refractivity contribution in [3.05, 3.63) is 53.2 Å². The van der Waals surface area contributed by atoms with Crippen molar-refractivity contribution >= 4 is 22.8 Å². The maximum absolute atomic E-state index is 15.1. The number of carbonyl (C=O) groups excluding carboxylic acids is 1. The number of rotatable bonds is 9. The molecule has 2 bridgehead atoms. The van der Waals surface area contributed by atoms with Crippen LogP contribution in [0.1, 0.15) is 42.6 Å². The summed E-state index contributed by atoms with van der Waals surface area (Å²) >= 11 is 0. The van der Waals surface area contributed by atoms with Gasteiger partial charge in [-0.25, -0.2) is 9.37 Å². The molecule has 1 aliphatic carbocycles. The maximum atomic E-state index is 15.1. The van der Waals surface area contributed by atoms with Crippen molar-refractivity contribution in [3.8, 4) is 5.75 Å². The molecule has 0 aromatic carbocycles. The third kappa shape index (κ3) is 5.07. The fourth-order valence-corrected chi connectivity index (χ4v) is 5.91. The van der Waals surface area contributed by atoms with Crippen molar-refractivity contribution in [2.75, 3.05) is 31.7 Å². The van der Waals surface area contributed by atoms with Gasteiger partial charge in [-0.3, -0.25) is 14.8 Å². The van der Waals surface area contributed by atoms with Gasteiger partial charge in [-0.15, -0.1) is 0 Å². The molecule has 0 radical (unpaired) electrons. The highest BCUT2D eigenvalue weighted by Crippen LogP contribution is 2.47. The summed E-state index contributed by atoms with van der Waals surface area (Å²) in [6.07, 6.45) is 4.23. The molecule has 4 aliphatic rings. The van der Waals surface area contributed by atoms with Gasteiger partial charge in [-0.1, -0.05) is 0 Å². The number of carbonyl (C=O) groups is 1. The molecule has 3 aromatic heterocycles. The zero-order chi connectivity index (χ0) is 27.0. The number of anilines is 1. The summed E-state index contributed by atoms with van der Waals surface area (Å²) in [6, 6.07) is 7.41. The number of aryl methyl sites for hydroxylation is 1. The second kappa shape index (κ2) is 10.4. The molecule has 7 rings (SSSR count). The monoisotopic (exact) mass is 537 g/mol. The van der Waals surface area contributed by atoms with Crippen LogP contribution in [0.3, 0.4) is 0 Å². The van der Waals surface area contributed by atoms with Crippen LogP contribution in [-0.2, 0) is 27.2 Å². The number of aliphatic hydroxyl groups excluding tert-OH is 1. The van der Waals surface area contributed by atoms with Gasteiger partial charge in [0.15, 0.2) is 18.2 Å². The summed E-state index contributed by atoms with van der Waals surface area (Å²) in [5.74, 6) is 0.371. The quantitative estimate of drug-likeness (QED) is 0.377. The van der Waals surface area contributed by atoms with Crippen LogP contribution in [0.2, 0.25) is 0 Å². The highest BCUT2D eigenvalue weighted by atomic mass is 19.1. The first-order valence-corrected chi connectivity index (χ1v) is 13.3. The van der Waals surface area contributed by atoms with E-state index in [9.17, 15) is 9.90 Å². The Kier molecular flexibility index (Phi) is 6.92. The molecule has 1 atom stereocenters. The Morgan fingerprint density at radius 3 is 2.82 bits per heavy atom. The third-order valence-electron chi connectivity index (χ3n) is 8.16. The minimum Gasteiger partial charge on any atom is -0.480 e. The van der Waals surface area contributed by atoms with Crippen LogP contribution < -0.4 is 15.4 Å². The summed E-state index contributed by atoms with van der Waals surface area (Å²) in [7, 11) is 0. The Balaban J connectivity index is 1.17. The minimum absolute atomic E-state index is 0.00231. The first kappa shape index (κ1) is 26.0. The van der Waals surface area contributed by atoms with E-state index in [0.29, 0.717) is 41.3 Å². The number of amides is 1. The molecular weight excluding hydrogens is 505 g/mol. The zero-order valence-electron chi connectivity index (χ0n) is 21.8. The van der Waals surface area contributed by atoms with Gasteiger partial charge in [-0.05, 0) is 56.9 Å². The fourth-order valence-electron chi connectivity index (χ4n) is 5.91. The summed E-state index contributed by atoms with van der Waals surface area (Å²) < 4.78 is 33.2. The predicted octanol–water partition coefficient (Wildman–Crippen LogP) is 2.59. The number of aliphatic hydroxyl groups is 1. The largest absolute Gasteiger partial charge is 0.480 e. The van der Waals surface area contributed by atoms with E-state index in [1.165, 1.54) is 6.20 Å². The molecule has 10 nitrogen and oxygen atoms in total. The van der Waals surface area contributed by atoms with Crippen LogP contribution >= 0.6 is 0 Å². The van der Waals surface area contributed by atoms with Crippen LogP contribution in [0.25, 0.3) is 11.0 Å². The number of aromatic nitrogens is 3. The summed E-state index contributed by atoms with van der Waals surface area (Å²) in [5.41, 5.74) is 2.40. The number of hydrogen-bond donors (Lipinski definition) is 3. The third-order valence-corrected chi connectivity index (χ3v) is 8.16. The molecule has 3 N–H and O–H groups in total. The van der Waals surface area contributed by atoms with E-state index in [0.717, 1.165) is 37.1 Å². The average molecular weight is 538 g/mol. The highest BCUT2D eigenvalue weighted by Gasteiger charge is 2.54. The molecule has 3 aliphatic heterocycles. The van der Waals surface area contributed by atoms with Gasteiger partial charge in [-0.2, -0.15) is 0 Å². The van der Waals surface area contributed by atoms with E-state index in [-0.39, 0.29) is 37.7 Å². The summed E-state index contributed by atoms with van der Waals surface area (Å²) in [4.78, 5) is 25.0. The first-order chi connectivity index (χ1) is 18.9.